The molecule has 0 amide bonds. The predicted molar refractivity (Wildman–Crippen MR) is 72.6 cm³/mol. The first-order valence-corrected chi connectivity index (χ1v) is 7.40. The Balaban J connectivity index is 1.80. The van der Waals surface area contributed by atoms with E-state index in [2.05, 4.69) is 17.8 Å². The molecule has 0 spiro atoms. The van der Waals surface area contributed by atoms with E-state index in [0.717, 1.165) is 12.8 Å². The maximum absolute atomic E-state index is 12.5. The van der Waals surface area contributed by atoms with Gasteiger partial charge in [0.1, 0.15) is 0 Å². The number of fused-ring (bicyclic) bond motifs is 2. The molecule has 2 aliphatic rings. The first-order valence-electron chi connectivity index (χ1n) is 6.46. The van der Waals surface area contributed by atoms with Crippen LogP contribution in [-0.4, -0.2) is 16.3 Å². The van der Waals surface area contributed by atoms with E-state index in [1.54, 1.807) is 18.2 Å². The molecular formula is C15H15NOS. The number of benzene rings is 1. The Kier molecular flexibility index (Phi) is 3.13. The van der Waals surface area contributed by atoms with Crippen molar-refractivity contribution in [1.29, 1.82) is 5.26 Å². The van der Waals surface area contributed by atoms with Crippen molar-refractivity contribution < 1.29 is 4.79 Å². The minimum Gasteiger partial charge on any atom is -0.294 e. The van der Waals surface area contributed by atoms with E-state index in [1.807, 2.05) is 6.07 Å². The summed E-state index contributed by atoms with van der Waals surface area (Å²) in [6.45, 7) is 0. The maximum atomic E-state index is 12.5. The number of hydrogen-bond donors (Lipinski definition) is 0. The molecule has 0 radical (unpaired) electrons. The van der Waals surface area contributed by atoms with Crippen LogP contribution >= 0.6 is 11.8 Å². The lowest BCUT2D eigenvalue weighted by atomic mass is 9.90. The van der Waals surface area contributed by atoms with Gasteiger partial charge in [0.05, 0.1) is 11.6 Å². The minimum absolute atomic E-state index is 0.178. The molecule has 0 aromatic heterocycles. The highest BCUT2D eigenvalue weighted by Crippen LogP contribution is 2.46. The summed E-state index contributed by atoms with van der Waals surface area (Å²) in [6.07, 6.45) is 4.60. The molecule has 0 N–H and O–H groups in total. The van der Waals surface area contributed by atoms with Crippen LogP contribution in [0.15, 0.2) is 24.3 Å². The smallest absolute Gasteiger partial charge is 0.166 e. The fourth-order valence-corrected chi connectivity index (χ4v) is 4.83. The molecule has 1 aromatic carbocycles. The Morgan fingerprint density at radius 2 is 2.00 bits per heavy atom. The minimum atomic E-state index is 0.178. The topological polar surface area (TPSA) is 40.9 Å². The van der Waals surface area contributed by atoms with Gasteiger partial charge in [0.15, 0.2) is 5.78 Å². The lowest BCUT2D eigenvalue weighted by Gasteiger charge is -2.26. The van der Waals surface area contributed by atoms with E-state index in [1.165, 1.54) is 12.8 Å². The molecule has 2 heterocycles. The molecule has 18 heavy (non-hydrogen) atoms. The Morgan fingerprint density at radius 1 is 1.28 bits per heavy atom. The van der Waals surface area contributed by atoms with Gasteiger partial charge in [-0.3, -0.25) is 4.79 Å². The van der Waals surface area contributed by atoms with Gasteiger partial charge in [0.2, 0.25) is 0 Å². The van der Waals surface area contributed by atoms with Gasteiger partial charge in [-0.05, 0) is 37.8 Å². The van der Waals surface area contributed by atoms with Gasteiger partial charge in [-0.1, -0.05) is 12.1 Å². The molecule has 3 rings (SSSR count). The van der Waals surface area contributed by atoms with Gasteiger partial charge < -0.3 is 0 Å². The molecule has 92 valence electrons. The molecular weight excluding hydrogens is 242 g/mol. The van der Waals surface area contributed by atoms with Crippen molar-refractivity contribution in [2.75, 3.05) is 0 Å². The van der Waals surface area contributed by atoms with Crippen molar-refractivity contribution in [3.05, 3.63) is 35.4 Å². The molecule has 2 aliphatic heterocycles. The number of thioether (sulfide) groups is 1. The molecule has 2 saturated heterocycles. The van der Waals surface area contributed by atoms with Crippen molar-refractivity contribution in [2.24, 2.45) is 5.92 Å². The number of carbonyl (C=O) groups excluding carboxylic acids is 1. The van der Waals surface area contributed by atoms with Gasteiger partial charge in [-0.25, -0.2) is 0 Å². The van der Waals surface area contributed by atoms with Crippen LogP contribution in [0, 0.1) is 17.2 Å². The quantitative estimate of drug-likeness (QED) is 0.762. The SMILES string of the molecule is N#Cc1cccc(C(=O)C2CC3CCC(C2)S3)c1. The van der Waals surface area contributed by atoms with Crippen molar-refractivity contribution >= 4 is 17.5 Å². The second-order valence-electron chi connectivity index (χ2n) is 5.18. The first kappa shape index (κ1) is 11.8. The molecule has 0 saturated carbocycles. The lowest BCUT2D eigenvalue weighted by Crippen LogP contribution is -2.24. The Bertz CT molecular complexity index is 507. The summed E-state index contributed by atoms with van der Waals surface area (Å²) in [6, 6.07) is 9.22. The maximum Gasteiger partial charge on any atom is 0.166 e. The van der Waals surface area contributed by atoms with Crippen molar-refractivity contribution in [1.82, 2.24) is 0 Å². The van der Waals surface area contributed by atoms with Gasteiger partial charge >= 0.3 is 0 Å². The zero-order valence-electron chi connectivity index (χ0n) is 10.1. The van der Waals surface area contributed by atoms with Crippen LogP contribution in [0.1, 0.15) is 41.6 Å². The highest BCUT2D eigenvalue weighted by atomic mass is 32.2. The van der Waals surface area contributed by atoms with E-state index >= 15 is 0 Å². The van der Waals surface area contributed by atoms with Crippen LogP contribution in [0.5, 0.6) is 0 Å². The standard InChI is InChI=1S/C15H15NOS/c16-9-10-2-1-3-11(6-10)15(17)12-7-13-4-5-14(8-12)18-13/h1-3,6,12-14H,4-5,7-8H2. The van der Waals surface area contributed by atoms with Gasteiger partial charge in [-0.2, -0.15) is 17.0 Å². The summed E-state index contributed by atoms with van der Waals surface area (Å²) >= 11 is 2.07. The molecule has 2 unspecified atom stereocenters. The van der Waals surface area contributed by atoms with Gasteiger partial charge in [0.25, 0.3) is 0 Å². The van der Waals surface area contributed by atoms with Crippen LogP contribution in [0.4, 0.5) is 0 Å². The average molecular weight is 257 g/mol. The van der Waals surface area contributed by atoms with E-state index in [-0.39, 0.29) is 11.7 Å². The number of nitriles is 1. The highest BCUT2D eigenvalue weighted by molar-refractivity contribution is 8.00. The Hall–Kier alpha value is -1.27. The van der Waals surface area contributed by atoms with Crippen LogP contribution in [0.3, 0.4) is 0 Å². The molecule has 2 fully saturated rings. The normalized spacial score (nSPS) is 29.8. The van der Waals surface area contributed by atoms with Gasteiger partial charge in [0, 0.05) is 22.0 Å². The van der Waals surface area contributed by atoms with E-state index in [9.17, 15) is 4.79 Å². The van der Waals surface area contributed by atoms with Crippen molar-refractivity contribution in [3.8, 4) is 6.07 Å². The summed E-state index contributed by atoms with van der Waals surface area (Å²) < 4.78 is 0. The molecule has 2 atom stereocenters. The summed E-state index contributed by atoms with van der Waals surface area (Å²) in [5.74, 6) is 0.419. The predicted octanol–water partition coefficient (Wildman–Crippen LogP) is 3.42. The number of nitrogens with zero attached hydrogens (tertiary/aromatic N) is 1. The molecule has 0 aliphatic carbocycles. The highest BCUT2D eigenvalue weighted by Gasteiger charge is 2.37. The monoisotopic (exact) mass is 257 g/mol. The van der Waals surface area contributed by atoms with Crippen LogP contribution in [-0.2, 0) is 0 Å². The van der Waals surface area contributed by atoms with E-state index in [4.69, 9.17) is 5.26 Å². The van der Waals surface area contributed by atoms with E-state index < -0.39 is 0 Å². The summed E-state index contributed by atoms with van der Waals surface area (Å²) in [5, 5.41) is 10.3. The van der Waals surface area contributed by atoms with Crippen LogP contribution in [0.2, 0.25) is 0 Å². The second-order valence-corrected chi connectivity index (χ2v) is 6.79. The summed E-state index contributed by atoms with van der Waals surface area (Å²) in [7, 11) is 0. The molecule has 1 aromatic rings. The third-order valence-electron chi connectivity index (χ3n) is 3.94. The number of Topliss-reactive ketones (excluding diaryl/α,β-unsaturated/α-hetero) is 1. The fourth-order valence-electron chi connectivity index (χ4n) is 3.05. The largest absolute Gasteiger partial charge is 0.294 e. The third-order valence-corrected chi connectivity index (χ3v) is 5.56. The van der Waals surface area contributed by atoms with Crippen molar-refractivity contribution in [2.45, 2.75) is 36.2 Å². The number of carbonyl (C=O) groups is 1. The number of rotatable bonds is 2. The third kappa shape index (κ3) is 2.18. The van der Waals surface area contributed by atoms with Crippen molar-refractivity contribution in [3.63, 3.8) is 0 Å². The Morgan fingerprint density at radius 3 is 2.67 bits per heavy atom. The molecule has 2 nitrogen and oxygen atoms in total. The molecule has 2 bridgehead atoms. The molecule has 3 heteroatoms. The van der Waals surface area contributed by atoms with Crippen LogP contribution < -0.4 is 0 Å². The Labute approximate surface area is 111 Å². The first-order chi connectivity index (χ1) is 8.76. The summed E-state index contributed by atoms with van der Waals surface area (Å²) in [5.41, 5.74) is 1.29. The average Bonchev–Trinajstić information content (AvgIpc) is 2.76. The lowest BCUT2D eigenvalue weighted by molar-refractivity contribution is 0.0907. The fraction of sp³-hybridized carbons (Fsp3) is 0.467. The van der Waals surface area contributed by atoms with Crippen LogP contribution in [0.25, 0.3) is 0 Å². The number of ketones is 1. The van der Waals surface area contributed by atoms with E-state index in [0.29, 0.717) is 21.6 Å². The van der Waals surface area contributed by atoms with Gasteiger partial charge in [-0.15, -0.1) is 0 Å². The zero-order chi connectivity index (χ0) is 12.5. The second kappa shape index (κ2) is 4.78. The number of hydrogen-bond acceptors (Lipinski definition) is 3. The summed E-state index contributed by atoms with van der Waals surface area (Å²) in [4.78, 5) is 12.5. The zero-order valence-corrected chi connectivity index (χ0v) is 11.0.